The van der Waals surface area contributed by atoms with Gasteiger partial charge in [0.05, 0.1) is 6.07 Å². The molecule has 0 spiro atoms. The van der Waals surface area contributed by atoms with Gasteiger partial charge in [0.15, 0.2) is 0 Å². The number of hydrogen-bond donors (Lipinski definition) is 1. The molecule has 0 heterocycles. The maximum atomic E-state index is 11.6. The number of nitrogens with zero attached hydrogens (tertiary/aromatic N) is 1. The van der Waals surface area contributed by atoms with Gasteiger partial charge in [-0.2, -0.15) is 10.7 Å². The molecule has 2 aromatic carbocycles. The van der Waals surface area contributed by atoms with Crippen LogP contribution < -0.4 is 5.48 Å². The Kier molecular flexibility index (Phi) is 8.91. The van der Waals surface area contributed by atoms with Gasteiger partial charge in [0.25, 0.3) is 5.91 Å². The highest BCUT2D eigenvalue weighted by atomic mass is 16.7. The maximum Gasteiger partial charge on any atom is 0.331 e. The van der Waals surface area contributed by atoms with Crippen LogP contribution >= 0.6 is 0 Å². The molecule has 2 rings (SSSR count). The minimum atomic E-state index is -0.672. The van der Waals surface area contributed by atoms with E-state index in [2.05, 4.69) is 16.4 Å². The van der Waals surface area contributed by atoms with Crippen molar-refractivity contribution in [2.45, 2.75) is 57.3 Å². The van der Waals surface area contributed by atoms with Crippen molar-refractivity contribution in [1.29, 1.82) is 5.26 Å². The quantitative estimate of drug-likeness (QED) is 0.464. The van der Waals surface area contributed by atoms with Crippen LogP contribution in [-0.2, 0) is 19.8 Å². The molecule has 0 radical (unpaired) electrons. The van der Waals surface area contributed by atoms with Crippen molar-refractivity contribution in [3.8, 4) is 6.07 Å². The van der Waals surface area contributed by atoms with E-state index in [1.54, 1.807) is 6.92 Å². The number of benzene rings is 2. The lowest BCUT2D eigenvalue weighted by Crippen LogP contribution is -2.26. The number of unbranched alkanes of at least 4 members (excludes halogenated alkanes) is 3. The number of carbonyl (C=O) groups excluding carboxylic acids is 2. The molecule has 0 fully saturated rings. The minimum absolute atomic E-state index is 0.226. The molecule has 0 unspecified atom stereocenters. The fraction of sp³-hybridized carbons (Fsp3) is 0.375. The van der Waals surface area contributed by atoms with Gasteiger partial charge in [0.2, 0.25) is 0 Å². The highest BCUT2D eigenvalue weighted by molar-refractivity contribution is 5.77. The van der Waals surface area contributed by atoms with Crippen LogP contribution in [0, 0.1) is 11.3 Å². The molecule has 29 heavy (non-hydrogen) atoms. The molecule has 0 aromatic heterocycles. The molecule has 0 bridgehead atoms. The van der Waals surface area contributed by atoms with Crippen LogP contribution in [0.15, 0.2) is 60.7 Å². The average Bonchev–Trinajstić information content (AvgIpc) is 2.78. The third kappa shape index (κ3) is 6.46. The summed E-state index contributed by atoms with van der Waals surface area (Å²) in [5.41, 5.74) is 3.51. The molecular weight excluding hydrogens is 364 g/mol. The second-order valence-electron chi connectivity index (χ2n) is 7.02. The van der Waals surface area contributed by atoms with Gasteiger partial charge >= 0.3 is 5.97 Å². The van der Waals surface area contributed by atoms with Gasteiger partial charge in [-0.15, -0.1) is 0 Å². The summed E-state index contributed by atoms with van der Waals surface area (Å²) in [6.07, 6.45) is 4.65. The Labute approximate surface area is 172 Å². The summed E-state index contributed by atoms with van der Waals surface area (Å²) in [6.45, 7) is 1.67. The van der Waals surface area contributed by atoms with Crippen molar-refractivity contribution >= 4 is 11.9 Å². The number of rotatable bonds is 10. The van der Waals surface area contributed by atoms with E-state index >= 15 is 0 Å². The Morgan fingerprint density at radius 1 is 0.931 bits per heavy atom. The Morgan fingerprint density at radius 2 is 1.48 bits per heavy atom. The molecule has 0 aliphatic rings. The maximum absolute atomic E-state index is 11.6. The molecule has 0 aliphatic carbocycles. The number of hydrogen-bond acceptors (Lipinski definition) is 4. The van der Waals surface area contributed by atoms with Crippen LogP contribution in [0.5, 0.6) is 0 Å². The normalized spacial score (nSPS) is 10.8. The van der Waals surface area contributed by atoms with E-state index in [1.165, 1.54) is 0 Å². The highest BCUT2D eigenvalue weighted by Crippen LogP contribution is 2.36. The van der Waals surface area contributed by atoms with Crippen molar-refractivity contribution in [2.24, 2.45) is 0 Å². The van der Waals surface area contributed by atoms with Gasteiger partial charge < -0.3 is 4.84 Å². The van der Waals surface area contributed by atoms with Crippen molar-refractivity contribution in [1.82, 2.24) is 5.48 Å². The standard InChI is InChI=1S/C24H28N2O3/c1-2-23(28)29-26-22(27)17-11-3-4-12-18-24(19-25,20-13-7-5-8-14-20)21-15-9-6-10-16-21/h5-10,13-16H,2-4,11-12,17-18H2,1H3,(H,26,27). The molecule has 0 saturated heterocycles. The fourth-order valence-corrected chi connectivity index (χ4v) is 3.35. The first-order valence-corrected chi connectivity index (χ1v) is 10.1. The zero-order chi connectivity index (χ0) is 21.0. The van der Waals surface area contributed by atoms with E-state index in [0.29, 0.717) is 12.8 Å². The summed E-state index contributed by atoms with van der Waals surface area (Å²) in [6, 6.07) is 22.4. The number of nitrogens with one attached hydrogen (secondary N) is 1. The van der Waals surface area contributed by atoms with Crippen LogP contribution in [0.25, 0.3) is 0 Å². The Balaban J connectivity index is 1.88. The smallest absolute Gasteiger partial charge is 0.331 e. The van der Waals surface area contributed by atoms with Crippen LogP contribution in [0.1, 0.15) is 63.0 Å². The molecule has 0 saturated carbocycles. The summed E-state index contributed by atoms with van der Waals surface area (Å²) in [5, 5.41) is 10.1. The molecule has 5 nitrogen and oxygen atoms in total. The number of nitriles is 1. The lowest BCUT2D eigenvalue weighted by Gasteiger charge is -2.28. The van der Waals surface area contributed by atoms with Crippen molar-refractivity contribution in [2.75, 3.05) is 0 Å². The third-order valence-electron chi connectivity index (χ3n) is 5.00. The SMILES string of the molecule is CCC(=O)ONC(=O)CCCCCCC(C#N)(c1ccccc1)c1ccccc1. The average molecular weight is 392 g/mol. The molecular formula is C24H28N2O3. The molecule has 1 N–H and O–H groups in total. The summed E-state index contributed by atoms with van der Waals surface area (Å²) >= 11 is 0. The molecule has 5 heteroatoms. The van der Waals surface area contributed by atoms with Gasteiger partial charge in [-0.25, -0.2) is 4.79 Å². The second kappa shape index (κ2) is 11.7. The zero-order valence-corrected chi connectivity index (χ0v) is 16.9. The Hall–Kier alpha value is -3.13. The van der Waals surface area contributed by atoms with Crippen LogP contribution in [0.4, 0.5) is 0 Å². The van der Waals surface area contributed by atoms with Crippen LogP contribution in [-0.4, -0.2) is 11.9 Å². The predicted molar refractivity (Wildman–Crippen MR) is 112 cm³/mol. The highest BCUT2D eigenvalue weighted by Gasteiger charge is 2.33. The second-order valence-corrected chi connectivity index (χ2v) is 7.02. The minimum Gasteiger partial charge on any atom is -0.341 e. The fourth-order valence-electron chi connectivity index (χ4n) is 3.35. The van der Waals surface area contributed by atoms with E-state index < -0.39 is 11.4 Å². The Morgan fingerprint density at radius 3 is 2.00 bits per heavy atom. The van der Waals surface area contributed by atoms with Gasteiger partial charge in [-0.1, -0.05) is 86.8 Å². The van der Waals surface area contributed by atoms with E-state index in [-0.39, 0.29) is 12.3 Å². The summed E-state index contributed by atoms with van der Waals surface area (Å²) in [4.78, 5) is 27.3. The largest absolute Gasteiger partial charge is 0.341 e. The molecule has 1 amide bonds. The summed E-state index contributed by atoms with van der Waals surface area (Å²) in [5.74, 6) is -0.736. The number of amides is 1. The van der Waals surface area contributed by atoms with E-state index in [1.807, 2.05) is 60.7 Å². The first-order chi connectivity index (χ1) is 14.1. The van der Waals surface area contributed by atoms with Gasteiger partial charge in [0, 0.05) is 12.8 Å². The molecule has 2 aromatic rings. The third-order valence-corrected chi connectivity index (χ3v) is 5.00. The lowest BCUT2D eigenvalue weighted by atomic mass is 9.72. The van der Waals surface area contributed by atoms with Gasteiger partial charge in [-0.05, 0) is 24.0 Å². The van der Waals surface area contributed by atoms with E-state index in [0.717, 1.165) is 36.8 Å². The first kappa shape index (κ1) is 22.2. The predicted octanol–water partition coefficient (Wildman–Crippen LogP) is 4.82. The summed E-state index contributed by atoms with van der Waals surface area (Å²) < 4.78 is 0. The summed E-state index contributed by atoms with van der Waals surface area (Å²) in [7, 11) is 0. The van der Waals surface area contributed by atoms with E-state index in [4.69, 9.17) is 0 Å². The molecule has 152 valence electrons. The van der Waals surface area contributed by atoms with Crippen LogP contribution in [0.3, 0.4) is 0 Å². The lowest BCUT2D eigenvalue weighted by molar-refractivity contribution is -0.158. The first-order valence-electron chi connectivity index (χ1n) is 10.1. The molecule has 0 aliphatic heterocycles. The Bertz CT molecular complexity index is 774. The number of carbonyl (C=O) groups is 2. The zero-order valence-electron chi connectivity index (χ0n) is 16.9. The van der Waals surface area contributed by atoms with Crippen molar-refractivity contribution < 1.29 is 14.4 Å². The van der Waals surface area contributed by atoms with Crippen molar-refractivity contribution in [3.05, 3.63) is 71.8 Å². The van der Waals surface area contributed by atoms with E-state index in [9.17, 15) is 14.9 Å². The van der Waals surface area contributed by atoms with Gasteiger partial charge in [0.1, 0.15) is 5.41 Å². The number of hydroxylamine groups is 1. The van der Waals surface area contributed by atoms with Crippen molar-refractivity contribution in [3.63, 3.8) is 0 Å². The molecule has 0 atom stereocenters. The van der Waals surface area contributed by atoms with Crippen LogP contribution in [0.2, 0.25) is 0 Å². The van der Waals surface area contributed by atoms with Gasteiger partial charge in [-0.3, -0.25) is 4.79 Å². The topological polar surface area (TPSA) is 79.2 Å². The monoisotopic (exact) mass is 392 g/mol.